The van der Waals surface area contributed by atoms with Crippen LogP contribution in [0, 0.1) is 0 Å². The van der Waals surface area contributed by atoms with E-state index in [0.717, 1.165) is 57.0 Å². The Balaban J connectivity index is 1.43. The van der Waals surface area contributed by atoms with E-state index in [9.17, 15) is 4.79 Å². The fraction of sp³-hybridized carbons (Fsp3) is 0.421. The molecule has 2 aliphatic heterocycles. The molecule has 1 aromatic carbocycles. The average molecular weight is 337 g/mol. The van der Waals surface area contributed by atoms with Gasteiger partial charge in [-0.15, -0.1) is 0 Å². The summed E-state index contributed by atoms with van der Waals surface area (Å²) in [4.78, 5) is 25.5. The number of para-hydroxylation sites is 1. The molecule has 2 aromatic rings. The summed E-state index contributed by atoms with van der Waals surface area (Å²) in [6.45, 7) is 2.47. The quantitative estimate of drug-likeness (QED) is 0.915. The third kappa shape index (κ3) is 3.43. The summed E-state index contributed by atoms with van der Waals surface area (Å²) in [5.74, 6) is 0.741. The molecule has 0 spiro atoms. The van der Waals surface area contributed by atoms with Gasteiger partial charge in [-0.2, -0.15) is 0 Å². The number of nitrogens with one attached hydrogen (secondary N) is 1. The highest BCUT2D eigenvalue weighted by atomic mass is 16.2. The minimum Gasteiger partial charge on any atom is -0.339 e. The number of hydrogen-bond donors (Lipinski definition) is 1. The highest BCUT2D eigenvalue weighted by Crippen LogP contribution is 2.27. The van der Waals surface area contributed by atoms with Crippen molar-refractivity contribution in [1.82, 2.24) is 15.3 Å². The molecule has 4 rings (SSSR count). The van der Waals surface area contributed by atoms with Gasteiger partial charge in [-0.25, -0.2) is 14.8 Å². The number of hydrogen-bond acceptors (Lipinski definition) is 4. The predicted molar refractivity (Wildman–Crippen MR) is 97.9 cm³/mol. The molecule has 1 atom stereocenters. The molecule has 3 heterocycles. The molecule has 1 N–H and O–H groups in total. The topological polar surface area (TPSA) is 61.4 Å². The van der Waals surface area contributed by atoms with Gasteiger partial charge >= 0.3 is 6.03 Å². The van der Waals surface area contributed by atoms with Crippen molar-refractivity contribution >= 4 is 17.7 Å². The molecule has 1 saturated heterocycles. The highest BCUT2D eigenvalue weighted by molar-refractivity contribution is 5.93. The summed E-state index contributed by atoms with van der Waals surface area (Å²) < 4.78 is 0. The van der Waals surface area contributed by atoms with E-state index >= 15 is 0 Å². The number of piperidine rings is 1. The van der Waals surface area contributed by atoms with Crippen LogP contribution in [0.15, 0.2) is 42.7 Å². The molecular weight excluding hydrogens is 314 g/mol. The maximum absolute atomic E-state index is 12.8. The summed E-state index contributed by atoms with van der Waals surface area (Å²) >= 11 is 0. The normalized spacial score (nSPS) is 20.1. The lowest BCUT2D eigenvalue weighted by molar-refractivity contribution is 0.240. The maximum Gasteiger partial charge on any atom is 0.322 e. The lowest BCUT2D eigenvalue weighted by atomic mass is 10.0. The first-order valence-corrected chi connectivity index (χ1v) is 8.99. The van der Waals surface area contributed by atoms with Crippen molar-refractivity contribution in [2.45, 2.75) is 31.7 Å². The SMILES string of the molecule is O=C(N[C@H]1CCCN(c2ncccn2)C1)N1CCCc2ccccc21. The zero-order valence-electron chi connectivity index (χ0n) is 14.3. The standard InChI is InChI=1S/C19H23N5O/c25-19(24-13-3-7-15-6-1-2-9-17(15)24)22-16-8-4-12-23(14-16)18-20-10-5-11-21-18/h1-2,5-6,9-11,16H,3-4,7-8,12-14H2,(H,22,25)/t16-/m0/s1. The lowest BCUT2D eigenvalue weighted by Crippen LogP contribution is -2.52. The van der Waals surface area contributed by atoms with Crippen molar-refractivity contribution in [2.75, 3.05) is 29.4 Å². The zero-order chi connectivity index (χ0) is 17.1. The van der Waals surface area contributed by atoms with E-state index in [1.807, 2.05) is 29.2 Å². The molecule has 0 radical (unpaired) electrons. The molecule has 2 aliphatic rings. The van der Waals surface area contributed by atoms with Crippen LogP contribution in [-0.4, -0.2) is 41.7 Å². The smallest absolute Gasteiger partial charge is 0.322 e. The third-order valence-electron chi connectivity index (χ3n) is 4.94. The monoisotopic (exact) mass is 337 g/mol. The number of carbonyl (C=O) groups is 1. The Kier molecular flexibility index (Phi) is 4.50. The van der Waals surface area contributed by atoms with Crippen molar-refractivity contribution in [1.29, 1.82) is 0 Å². The van der Waals surface area contributed by atoms with Crippen LogP contribution in [-0.2, 0) is 6.42 Å². The highest BCUT2D eigenvalue weighted by Gasteiger charge is 2.27. The number of fused-ring (bicyclic) bond motifs is 1. The van der Waals surface area contributed by atoms with Gasteiger partial charge in [0, 0.05) is 43.8 Å². The minimum absolute atomic E-state index is 0.00739. The number of aromatic nitrogens is 2. The third-order valence-corrected chi connectivity index (χ3v) is 4.94. The minimum atomic E-state index is 0.00739. The van der Waals surface area contributed by atoms with Crippen LogP contribution >= 0.6 is 0 Å². The summed E-state index contributed by atoms with van der Waals surface area (Å²) in [6, 6.07) is 10.1. The Morgan fingerprint density at radius 1 is 1.08 bits per heavy atom. The van der Waals surface area contributed by atoms with Gasteiger partial charge in [-0.05, 0) is 43.4 Å². The van der Waals surface area contributed by atoms with Gasteiger partial charge in [0.15, 0.2) is 0 Å². The number of amides is 2. The van der Waals surface area contributed by atoms with E-state index in [-0.39, 0.29) is 12.1 Å². The van der Waals surface area contributed by atoms with Gasteiger partial charge in [0.1, 0.15) is 0 Å². The fourth-order valence-electron chi connectivity index (χ4n) is 3.73. The summed E-state index contributed by atoms with van der Waals surface area (Å²) in [6.07, 6.45) is 7.59. The number of nitrogens with zero attached hydrogens (tertiary/aromatic N) is 4. The van der Waals surface area contributed by atoms with Crippen LogP contribution < -0.4 is 15.1 Å². The molecule has 1 aromatic heterocycles. The second kappa shape index (κ2) is 7.09. The van der Waals surface area contributed by atoms with Crippen molar-refractivity contribution in [2.24, 2.45) is 0 Å². The Labute approximate surface area is 147 Å². The average Bonchev–Trinajstić information content (AvgIpc) is 2.68. The van der Waals surface area contributed by atoms with Crippen LogP contribution in [0.2, 0.25) is 0 Å². The molecule has 0 bridgehead atoms. The molecule has 0 aliphatic carbocycles. The Bertz CT molecular complexity index is 736. The van der Waals surface area contributed by atoms with Crippen LogP contribution in [0.3, 0.4) is 0 Å². The van der Waals surface area contributed by atoms with E-state index in [2.05, 4.69) is 26.3 Å². The van der Waals surface area contributed by atoms with Crippen molar-refractivity contribution in [3.8, 4) is 0 Å². The summed E-state index contributed by atoms with van der Waals surface area (Å²) in [7, 11) is 0. The Hall–Kier alpha value is -2.63. The molecule has 6 heteroatoms. The number of rotatable bonds is 2. The first-order chi connectivity index (χ1) is 12.3. The van der Waals surface area contributed by atoms with Crippen LogP contribution in [0.4, 0.5) is 16.4 Å². The van der Waals surface area contributed by atoms with E-state index in [4.69, 9.17) is 0 Å². The van der Waals surface area contributed by atoms with E-state index in [1.54, 1.807) is 12.4 Å². The predicted octanol–water partition coefficient (Wildman–Crippen LogP) is 2.61. The van der Waals surface area contributed by atoms with E-state index in [0.29, 0.717) is 0 Å². The summed E-state index contributed by atoms with van der Waals surface area (Å²) in [5, 5.41) is 3.22. The van der Waals surface area contributed by atoms with Gasteiger partial charge in [-0.3, -0.25) is 4.90 Å². The van der Waals surface area contributed by atoms with Gasteiger partial charge in [0.05, 0.1) is 0 Å². The number of carbonyl (C=O) groups excluding carboxylic acids is 1. The molecule has 2 amide bonds. The first-order valence-electron chi connectivity index (χ1n) is 8.99. The first kappa shape index (κ1) is 15.9. The largest absolute Gasteiger partial charge is 0.339 e. The summed E-state index contributed by atoms with van der Waals surface area (Å²) in [5.41, 5.74) is 2.30. The number of urea groups is 1. The van der Waals surface area contributed by atoms with E-state index < -0.39 is 0 Å². The number of benzene rings is 1. The van der Waals surface area contributed by atoms with E-state index in [1.165, 1.54) is 5.56 Å². The van der Waals surface area contributed by atoms with Crippen molar-refractivity contribution in [3.63, 3.8) is 0 Å². The molecule has 6 nitrogen and oxygen atoms in total. The van der Waals surface area contributed by atoms with Crippen molar-refractivity contribution in [3.05, 3.63) is 48.3 Å². The lowest BCUT2D eigenvalue weighted by Gasteiger charge is -2.35. The van der Waals surface area contributed by atoms with Gasteiger partial charge < -0.3 is 10.2 Å². The number of anilines is 2. The Morgan fingerprint density at radius 3 is 2.80 bits per heavy atom. The fourth-order valence-corrected chi connectivity index (χ4v) is 3.73. The molecular formula is C19H23N5O. The zero-order valence-corrected chi connectivity index (χ0v) is 14.3. The number of aryl methyl sites for hydroxylation is 1. The van der Waals surface area contributed by atoms with Crippen LogP contribution in [0.25, 0.3) is 0 Å². The van der Waals surface area contributed by atoms with Gasteiger partial charge in [-0.1, -0.05) is 18.2 Å². The molecule has 1 fully saturated rings. The second-order valence-electron chi connectivity index (χ2n) is 6.67. The Morgan fingerprint density at radius 2 is 1.92 bits per heavy atom. The van der Waals surface area contributed by atoms with Crippen LogP contribution in [0.5, 0.6) is 0 Å². The molecule has 25 heavy (non-hydrogen) atoms. The van der Waals surface area contributed by atoms with Gasteiger partial charge in [0.2, 0.25) is 5.95 Å². The second-order valence-corrected chi connectivity index (χ2v) is 6.67. The molecule has 0 saturated carbocycles. The maximum atomic E-state index is 12.8. The van der Waals surface area contributed by atoms with Crippen molar-refractivity contribution < 1.29 is 4.79 Å². The molecule has 130 valence electrons. The van der Waals surface area contributed by atoms with Gasteiger partial charge in [0.25, 0.3) is 0 Å². The van der Waals surface area contributed by atoms with Crippen LogP contribution in [0.1, 0.15) is 24.8 Å². The molecule has 0 unspecified atom stereocenters.